The predicted octanol–water partition coefficient (Wildman–Crippen LogP) is 2.02. The molecule has 0 bridgehead atoms. The predicted molar refractivity (Wildman–Crippen MR) is 76.6 cm³/mol. The Bertz CT molecular complexity index is 587. The van der Waals surface area contributed by atoms with Gasteiger partial charge < -0.3 is 15.2 Å². The zero-order chi connectivity index (χ0) is 13.8. The highest BCUT2D eigenvalue weighted by atomic mass is 35.5. The Morgan fingerprint density at radius 1 is 1.53 bits per heavy atom. The summed E-state index contributed by atoms with van der Waals surface area (Å²) in [6.07, 6.45) is 4.18. The molecule has 2 aromatic heterocycles. The van der Waals surface area contributed by atoms with Crippen molar-refractivity contribution in [3.05, 3.63) is 35.2 Å². The fourth-order valence-electron chi connectivity index (χ4n) is 1.60. The number of fused-ring (bicyclic) bond motifs is 1. The van der Waals surface area contributed by atoms with Crippen molar-refractivity contribution in [3.63, 3.8) is 0 Å². The molecule has 3 N–H and O–H groups in total. The third-order valence-electron chi connectivity index (χ3n) is 2.61. The Balaban J connectivity index is 1.86. The second kappa shape index (κ2) is 6.27. The Hall–Kier alpha value is -1.24. The van der Waals surface area contributed by atoms with Gasteiger partial charge >= 0.3 is 5.97 Å². The van der Waals surface area contributed by atoms with E-state index in [1.807, 2.05) is 16.7 Å². The molecule has 0 amide bonds. The van der Waals surface area contributed by atoms with Gasteiger partial charge in [-0.25, -0.2) is 4.98 Å². The largest absolute Gasteiger partial charge is 0.480 e. The molecule has 19 heavy (non-hydrogen) atoms. The molecule has 1 atom stereocenters. The number of imidazole rings is 1. The average molecular weight is 300 g/mol. The molecule has 2 heterocycles. The van der Waals surface area contributed by atoms with E-state index in [9.17, 15) is 4.79 Å². The summed E-state index contributed by atoms with van der Waals surface area (Å²) in [5.74, 6) is 0.469. The van der Waals surface area contributed by atoms with Crippen LogP contribution in [0, 0.1) is 0 Å². The second-order valence-electron chi connectivity index (χ2n) is 4.13. The normalized spacial score (nSPS) is 12.7. The van der Waals surface area contributed by atoms with E-state index in [1.165, 1.54) is 0 Å². The average Bonchev–Trinajstić information content (AvgIpc) is 2.75. The SMILES string of the molecule is NC(CCSCc1cn2cc(Cl)ccc2n1)C(=O)O. The van der Waals surface area contributed by atoms with Crippen molar-refractivity contribution < 1.29 is 9.90 Å². The van der Waals surface area contributed by atoms with Gasteiger partial charge in [-0.2, -0.15) is 11.8 Å². The van der Waals surface area contributed by atoms with Gasteiger partial charge in [0.05, 0.1) is 10.7 Å². The van der Waals surface area contributed by atoms with Gasteiger partial charge in [0, 0.05) is 18.1 Å². The van der Waals surface area contributed by atoms with Crippen molar-refractivity contribution in [2.75, 3.05) is 5.75 Å². The molecule has 2 rings (SSSR count). The summed E-state index contributed by atoms with van der Waals surface area (Å²) >= 11 is 7.52. The van der Waals surface area contributed by atoms with Crippen LogP contribution in [-0.2, 0) is 10.5 Å². The van der Waals surface area contributed by atoms with Crippen molar-refractivity contribution in [1.29, 1.82) is 0 Å². The highest BCUT2D eigenvalue weighted by Gasteiger charge is 2.10. The van der Waals surface area contributed by atoms with Crippen molar-refractivity contribution in [2.45, 2.75) is 18.2 Å². The van der Waals surface area contributed by atoms with Crippen LogP contribution in [0.15, 0.2) is 24.5 Å². The fourth-order valence-corrected chi connectivity index (χ4v) is 2.68. The van der Waals surface area contributed by atoms with Gasteiger partial charge in [-0.15, -0.1) is 0 Å². The first-order chi connectivity index (χ1) is 9.06. The van der Waals surface area contributed by atoms with Crippen LogP contribution in [0.3, 0.4) is 0 Å². The van der Waals surface area contributed by atoms with Crippen LogP contribution in [0.2, 0.25) is 5.02 Å². The summed E-state index contributed by atoms with van der Waals surface area (Å²) in [7, 11) is 0. The van der Waals surface area contributed by atoms with Gasteiger partial charge in [0.1, 0.15) is 11.7 Å². The van der Waals surface area contributed by atoms with E-state index < -0.39 is 12.0 Å². The van der Waals surface area contributed by atoms with E-state index in [-0.39, 0.29) is 0 Å². The maximum atomic E-state index is 10.6. The fraction of sp³-hybridized carbons (Fsp3) is 0.333. The molecule has 2 aromatic rings. The minimum absolute atomic E-state index is 0.458. The Morgan fingerprint density at radius 2 is 2.32 bits per heavy atom. The van der Waals surface area contributed by atoms with Crippen LogP contribution in [-0.4, -0.2) is 32.3 Å². The van der Waals surface area contributed by atoms with Gasteiger partial charge in [0.15, 0.2) is 0 Å². The van der Waals surface area contributed by atoms with Crippen molar-refractivity contribution in [3.8, 4) is 0 Å². The standard InChI is InChI=1S/C12H14ClN3O2S/c13-8-1-2-11-15-9(6-16(11)5-8)7-19-4-3-10(14)12(17)18/h1-2,5-6,10H,3-4,7,14H2,(H,17,18). The molecule has 0 saturated carbocycles. The molecule has 5 nitrogen and oxygen atoms in total. The first kappa shape index (κ1) is 14.2. The highest BCUT2D eigenvalue weighted by Crippen LogP contribution is 2.16. The van der Waals surface area contributed by atoms with Gasteiger partial charge in [-0.1, -0.05) is 11.6 Å². The third-order valence-corrected chi connectivity index (χ3v) is 3.85. The molecule has 0 aliphatic rings. The molecule has 1 unspecified atom stereocenters. The van der Waals surface area contributed by atoms with Crippen LogP contribution in [0.4, 0.5) is 0 Å². The van der Waals surface area contributed by atoms with Gasteiger partial charge in [0.25, 0.3) is 0 Å². The number of thioether (sulfide) groups is 1. The number of aromatic nitrogens is 2. The molecule has 0 aliphatic heterocycles. The Kier molecular flexibility index (Phi) is 4.68. The second-order valence-corrected chi connectivity index (χ2v) is 5.67. The van der Waals surface area contributed by atoms with E-state index in [1.54, 1.807) is 24.0 Å². The summed E-state index contributed by atoms with van der Waals surface area (Å²) in [4.78, 5) is 15.0. The first-order valence-electron chi connectivity index (χ1n) is 5.75. The molecule has 0 fully saturated rings. The molecular weight excluding hydrogens is 286 g/mol. The summed E-state index contributed by atoms with van der Waals surface area (Å²) in [5, 5.41) is 9.32. The van der Waals surface area contributed by atoms with E-state index in [0.29, 0.717) is 17.2 Å². The number of halogens is 1. The van der Waals surface area contributed by atoms with Gasteiger partial charge in [0.2, 0.25) is 0 Å². The lowest BCUT2D eigenvalue weighted by molar-refractivity contribution is -0.138. The zero-order valence-corrected chi connectivity index (χ0v) is 11.7. The number of hydrogen-bond acceptors (Lipinski definition) is 4. The van der Waals surface area contributed by atoms with E-state index >= 15 is 0 Å². The lowest BCUT2D eigenvalue weighted by Gasteiger charge is -2.04. The first-order valence-corrected chi connectivity index (χ1v) is 7.29. The summed E-state index contributed by atoms with van der Waals surface area (Å²) in [5.41, 5.74) is 7.22. The number of hydrogen-bond donors (Lipinski definition) is 2. The lowest BCUT2D eigenvalue weighted by atomic mass is 10.2. The number of pyridine rings is 1. The molecule has 102 valence electrons. The number of aliphatic carboxylic acids is 1. The molecule has 0 aliphatic carbocycles. The molecule has 0 spiro atoms. The minimum Gasteiger partial charge on any atom is -0.480 e. The monoisotopic (exact) mass is 299 g/mol. The Labute approximate surface area is 119 Å². The number of rotatable bonds is 6. The maximum absolute atomic E-state index is 10.6. The molecule has 0 aromatic carbocycles. The maximum Gasteiger partial charge on any atom is 0.320 e. The quantitative estimate of drug-likeness (QED) is 0.798. The topological polar surface area (TPSA) is 80.6 Å². The Morgan fingerprint density at radius 3 is 3.05 bits per heavy atom. The molecule has 0 saturated heterocycles. The van der Waals surface area contributed by atoms with Gasteiger partial charge in [-0.05, 0) is 24.3 Å². The van der Waals surface area contributed by atoms with Crippen LogP contribution in [0.5, 0.6) is 0 Å². The van der Waals surface area contributed by atoms with Crippen molar-refractivity contribution in [1.82, 2.24) is 9.38 Å². The number of carbonyl (C=O) groups is 1. The third kappa shape index (κ3) is 3.86. The number of nitrogens with two attached hydrogens (primary N) is 1. The molecular formula is C12H14ClN3O2S. The van der Waals surface area contributed by atoms with Crippen LogP contribution < -0.4 is 5.73 Å². The van der Waals surface area contributed by atoms with E-state index in [0.717, 1.165) is 17.1 Å². The van der Waals surface area contributed by atoms with Crippen LogP contribution in [0.25, 0.3) is 5.65 Å². The lowest BCUT2D eigenvalue weighted by Crippen LogP contribution is -2.30. The van der Waals surface area contributed by atoms with Crippen molar-refractivity contribution in [2.24, 2.45) is 5.73 Å². The summed E-state index contributed by atoms with van der Waals surface area (Å²) in [6.45, 7) is 0. The molecule has 7 heteroatoms. The number of carboxylic acid groups (broad SMARTS) is 1. The molecule has 0 radical (unpaired) electrons. The summed E-state index contributed by atoms with van der Waals surface area (Å²) < 4.78 is 1.88. The summed E-state index contributed by atoms with van der Waals surface area (Å²) in [6, 6.07) is 2.87. The minimum atomic E-state index is -0.956. The number of nitrogens with zero attached hydrogens (tertiary/aromatic N) is 2. The zero-order valence-electron chi connectivity index (χ0n) is 10.1. The van der Waals surface area contributed by atoms with Gasteiger partial charge in [-0.3, -0.25) is 4.79 Å². The smallest absolute Gasteiger partial charge is 0.320 e. The van der Waals surface area contributed by atoms with Crippen LogP contribution in [0.1, 0.15) is 12.1 Å². The van der Waals surface area contributed by atoms with Crippen LogP contribution >= 0.6 is 23.4 Å². The van der Waals surface area contributed by atoms with Crippen molar-refractivity contribution >= 4 is 35.0 Å². The van der Waals surface area contributed by atoms with E-state index in [4.69, 9.17) is 22.4 Å². The highest BCUT2D eigenvalue weighted by molar-refractivity contribution is 7.98. The number of carboxylic acids is 1. The van der Waals surface area contributed by atoms with E-state index in [2.05, 4.69) is 4.98 Å².